The standard InChI is InChI=1S/C43H48Cl2N8O5/c1-50-22-24-52(25-23-50)33-8-14-37-39(28-33)49-43(47-37)31-5-13-36-38(27-31)48-42(46-36)30-3-9-34(10-4-30)57-26-2-18-53(19-15-41(55)56)40(54)29-58-35-11-6-32(7-12-35)51(20-16-44)21-17-45/h3-14,27-28H,2,15-26,29H2,1H3,(H,46,48)(H,47,49)(H,55,56). The zero-order valence-electron chi connectivity index (χ0n) is 32.5. The molecule has 7 rings (SSSR count). The van der Waals surface area contributed by atoms with Gasteiger partial charge in [0.25, 0.3) is 5.91 Å². The minimum Gasteiger partial charge on any atom is -0.494 e. The highest BCUT2D eigenvalue weighted by Gasteiger charge is 2.18. The number of carbonyl (C=O) groups excluding carboxylic acids is 1. The summed E-state index contributed by atoms with van der Waals surface area (Å²) in [4.78, 5) is 49.4. The van der Waals surface area contributed by atoms with Crippen molar-refractivity contribution in [3.05, 3.63) is 84.9 Å². The average molecular weight is 828 g/mol. The molecule has 0 bridgehead atoms. The predicted octanol–water partition coefficient (Wildman–Crippen LogP) is 6.96. The molecular weight excluding hydrogens is 779 g/mol. The summed E-state index contributed by atoms with van der Waals surface area (Å²) in [7, 11) is 2.16. The van der Waals surface area contributed by atoms with Crippen LogP contribution in [0.5, 0.6) is 11.5 Å². The molecule has 0 unspecified atom stereocenters. The summed E-state index contributed by atoms with van der Waals surface area (Å²) < 4.78 is 11.7. The Hall–Kier alpha value is -5.50. The fraction of sp³-hybridized carbons (Fsp3) is 0.349. The summed E-state index contributed by atoms with van der Waals surface area (Å²) in [6.45, 7) is 5.99. The highest BCUT2D eigenvalue weighted by molar-refractivity contribution is 6.18. The van der Waals surface area contributed by atoms with Crippen molar-refractivity contribution in [3.63, 3.8) is 0 Å². The van der Waals surface area contributed by atoms with E-state index in [4.69, 9.17) is 42.6 Å². The molecule has 3 heterocycles. The number of nitrogens with one attached hydrogen (secondary N) is 2. The molecule has 304 valence electrons. The minimum absolute atomic E-state index is 0.0757. The number of ether oxygens (including phenoxy) is 2. The number of H-pyrrole nitrogens is 2. The maximum absolute atomic E-state index is 13.1. The Bertz CT molecular complexity index is 2280. The van der Waals surface area contributed by atoms with Crippen LogP contribution in [0.25, 0.3) is 44.8 Å². The maximum atomic E-state index is 13.1. The number of hydrogen-bond acceptors (Lipinski definition) is 9. The fourth-order valence-electron chi connectivity index (χ4n) is 7.00. The molecule has 15 heteroatoms. The molecule has 0 saturated carbocycles. The van der Waals surface area contributed by atoms with Crippen LogP contribution in [0.4, 0.5) is 11.4 Å². The lowest BCUT2D eigenvalue weighted by molar-refractivity contribution is -0.139. The number of fused-ring (bicyclic) bond motifs is 2. The van der Waals surface area contributed by atoms with Crippen LogP contribution in [0.1, 0.15) is 12.8 Å². The average Bonchev–Trinajstić information content (AvgIpc) is 3.87. The highest BCUT2D eigenvalue weighted by atomic mass is 35.5. The van der Waals surface area contributed by atoms with Crippen molar-refractivity contribution in [3.8, 4) is 34.3 Å². The molecule has 1 aliphatic heterocycles. The number of carboxylic acids is 1. The number of amides is 1. The van der Waals surface area contributed by atoms with Crippen LogP contribution >= 0.6 is 23.2 Å². The quantitative estimate of drug-likeness (QED) is 0.0580. The zero-order chi connectivity index (χ0) is 40.4. The Balaban J connectivity index is 0.913. The topological polar surface area (TPSA) is 143 Å². The van der Waals surface area contributed by atoms with E-state index < -0.39 is 5.97 Å². The van der Waals surface area contributed by atoms with Gasteiger partial charge in [0.2, 0.25) is 0 Å². The molecule has 6 aromatic rings. The Kier molecular flexibility index (Phi) is 13.5. The zero-order valence-corrected chi connectivity index (χ0v) is 34.0. The van der Waals surface area contributed by atoms with Crippen molar-refractivity contribution in [2.75, 3.05) is 94.2 Å². The molecule has 1 fully saturated rings. The first-order valence-electron chi connectivity index (χ1n) is 19.5. The number of imidazole rings is 2. The van der Waals surface area contributed by atoms with Crippen molar-refractivity contribution in [2.24, 2.45) is 0 Å². The third-order valence-corrected chi connectivity index (χ3v) is 10.6. The summed E-state index contributed by atoms with van der Waals surface area (Å²) in [5.41, 5.74) is 7.75. The van der Waals surface area contributed by atoms with E-state index in [0.29, 0.717) is 55.9 Å². The summed E-state index contributed by atoms with van der Waals surface area (Å²) in [6, 6.07) is 27.6. The molecule has 4 aromatic carbocycles. The maximum Gasteiger partial charge on any atom is 0.305 e. The number of rotatable bonds is 19. The van der Waals surface area contributed by atoms with Crippen molar-refractivity contribution >= 4 is 68.5 Å². The van der Waals surface area contributed by atoms with Gasteiger partial charge in [-0.15, -0.1) is 23.2 Å². The van der Waals surface area contributed by atoms with Crippen LogP contribution in [0.2, 0.25) is 0 Å². The van der Waals surface area contributed by atoms with Gasteiger partial charge in [0, 0.05) is 86.6 Å². The molecule has 1 aliphatic rings. The van der Waals surface area contributed by atoms with Crippen LogP contribution in [-0.4, -0.2) is 131 Å². The molecule has 0 radical (unpaired) electrons. The second-order valence-corrected chi connectivity index (χ2v) is 15.0. The summed E-state index contributed by atoms with van der Waals surface area (Å²) in [5.74, 6) is 2.43. The molecule has 0 spiro atoms. The van der Waals surface area contributed by atoms with Crippen LogP contribution in [0.3, 0.4) is 0 Å². The highest BCUT2D eigenvalue weighted by Crippen LogP contribution is 2.29. The van der Waals surface area contributed by atoms with Crippen LogP contribution in [-0.2, 0) is 9.59 Å². The summed E-state index contributed by atoms with van der Waals surface area (Å²) in [5, 5.41) is 9.27. The van der Waals surface area contributed by atoms with Gasteiger partial charge in [-0.25, -0.2) is 9.97 Å². The number of carboxylic acid groups (broad SMARTS) is 1. The van der Waals surface area contributed by atoms with Gasteiger partial charge in [-0.3, -0.25) is 9.59 Å². The van der Waals surface area contributed by atoms with Gasteiger partial charge < -0.3 is 44.1 Å². The fourth-order valence-corrected chi connectivity index (χ4v) is 7.41. The van der Waals surface area contributed by atoms with Gasteiger partial charge in [0.15, 0.2) is 6.61 Å². The first kappa shape index (κ1) is 40.7. The molecule has 0 aliphatic carbocycles. The predicted molar refractivity (Wildman–Crippen MR) is 231 cm³/mol. The third-order valence-electron chi connectivity index (χ3n) is 10.3. The Morgan fingerprint density at radius 3 is 2.02 bits per heavy atom. The lowest BCUT2D eigenvalue weighted by Gasteiger charge is -2.34. The number of piperazine rings is 1. The van der Waals surface area contributed by atoms with Gasteiger partial charge in [0.1, 0.15) is 23.1 Å². The second kappa shape index (κ2) is 19.3. The Labute approximate surface area is 347 Å². The molecule has 0 atom stereocenters. The van der Waals surface area contributed by atoms with Gasteiger partial charge in [0.05, 0.1) is 35.1 Å². The lowest BCUT2D eigenvalue weighted by atomic mass is 10.2. The number of aromatic amines is 2. The number of halogens is 2. The number of carbonyl (C=O) groups is 2. The van der Waals surface area contributed by atoms with Gasteiger partial charge in [-0.1, -0.05) is 0 Å². The van der Waals surface area contributed by atoms with Crippen molar-refractivity contribution in [2.45, 2.75) is 12.8 Å². The summed E-state index contributed by atoms with van der Waals surface area (Å²) >= 11 is 11.9. The number of hydrogen-bond donors (Lipinski definition) is 3. The Morgan fingerprint density at radius 1 is 0.741 bits per heavy atom. The van der Waals surface area contributed by atoms with E-state index in [-0.39, 0.29) is 25.5 Å². The molecule has 13 nitrogen and oxygen atoms in total. The Morgan fingerprint density at radius 2 is 1.34 bits per heavy atom. The number of likely N-dealkylation sites (N-methyl/N-ethyl adjacent to an activating group) is 1. The van der Waals surface area contributed by atoms with E-state index >= 15 is 0 Å². The first-order chi connectivity index (χ1) is 28.3. The van der Waals surface area contributed by atoms with Crippen molar-refractivity contribution < 1.29 is 24.2 Å². The van der Waals surface area contributed by atoms with Crippen molar-refractivity contribution in [1.82, 2.24) is 29.7 Å². The van der Waals surface area contributed by atoms with E-state index in [1.54, 1.807) is 12.1 Å². The lowest BCUT2D eigenvalue weighted by Crippen LogP contribution is -2.44. The van der Waals surface area contributed by atoms with E-state index in [0.717, 1.165) is 76.7 Å². The third kappa shape index (κ3) is 10.3. The first-order valence-corrected chi connectivity index (χ1v) is 20.6. The SMILES string of the molecule is CN1CCN(c2ccc3nc(-c4ccc5nc(-c6ccc(OCCCN(CCC(=O)O)C(=O)COc7ccc(N(CCCl)CCCl)cc7)cc6)[nH]c5c4)[nH]c3c2)CC1. The normalized spacial score (nSPS) is 13.3. The van der Waals surface area contributed by atoms with E-state index in [2.05, 4.69) is 56.0 Å². The number of aliphatic carboxylic acids is 1. The van der Waals surface area contributed by atoms with Crippen LogP contribution in [0.15, 0.2) is 84.9 Å². The number of aromatic nitrogens is 4. The van der Waals surface area contributed by atoms with E-state index in [9.17, 15) is 14.7 Å². The largest absolute Gasteiger partial charge is 0.494 e. The molecule has 2 aromatic heterocycles. The molecule has 1 saturated heterocycles. The number of anilines is 2. The molecule has 58 heavy (non-hydrogen) atoms. The van der Waals surface area contributed by atoms with E-state index in [1.807, 2.05) is 48.5 Å². The monoisotopic (exact) mass is 826 g/mol. The molecule has 3 N–H and O–H groups in total. The van der Waals surface area contributed by atoms with E-state index in [1.165, 1.54) is 10.6 Å². The van der Waals surface area contributed by atoms with Crippen molar-refractivity contribution in [1.29, 1.82) is 0 Å². The second-order valence-electron chi connectivity index (χ2n) is 14.3. The van der Waals surface area contributed by atoms with Gasteiger partial charge in [-0.2, -0.15) is 0 Å². The van der Waals surface area contributed by atoms with Gasteiger partial charge >= 0.3 is 5.97 Å². The minimum atomic E-state index is -0.976. The number of alkyl halides is 2. The van der Waals surface area contributed by atoms with Crippen LogP contribution in [0, 0.1) is 0 Å². The van der Waals surface area contributed by atoms with Crippen LogP contribution < -0.4 is 19.3 Å². The molecule has 1 amide bonds. The molecular formula is C43H48Cl2N8O5. The van der Waals surface area contributed by atoms with Gasteiger partial charge in [-0.05, 0) is 98.4 Å². The number of benzene rings is 4. The summed E-state index contributed by atoms with van der Waals surface area (Å²) in [6.07, 6.45) is 0.342. The number of nitrogens with zero attached hydrogens (tertiary/aromatic N) is 6. The smallest absolute Gasteiger partial charge is 0.305 e.